The third-order valence-electron chi connectivity index (χ3n) is 3.46. The molecule has 2 heterocycles. The van der Waals surface area contributed by atoms with E-state index in [9.17, 15) is 4.79 Å². The number of benzene rings is 1. The summed E-state index contributed by atoms with van der Waals surface area (Å²) in [5, 5.41) is 7.64. The lowest BCUT2D eigenvalue weighted by Crippen LogP contribution is -2.41. The van der Waals surface area contributed by atoms with E-state index in [0.29, 0.717) is 11.6 Å². The number of rotatable bonds is 5. The lowest BCUT2D eigenvalue weighted by molar-refractivity contribution is 0.0919. The number of hydrogen-bond acceptors (Lipinski definition) is 5. The van der Waals surface area contributed by atoms with Crippen LogP contribution in [0.15, 0.2) is 36.9 Å². The number of thiazole rings is 1. The van der Waals surface area contributed by atoms with Gasteiger partial charge in [-0.2, -0.15) is 5.10 Å². The minimum atomic E-state index is -0.139. The van der Waals surface area contributed by atoms with Crippen LogP contribution in [-0.2, 0) is 6.54 Å². The molecule has 0 bridgehead atoms. The Labute approximate surface area is 132 Å². The van der Waals surface area contributed by atoms with Crippen molar-refractivity contribution < 1.29 is 4.79 Å². The predicted molar refractivity (Wildman–Crippen MR) is 85.7 cm³/mol. The maximum absolute atomic E-state index is 12.4. The Morgan fingerprint density at radius 3 is 2.86 bits per heavy atom. The SMILES string of the molecule is CC(C)[C@H](Cn1cncn1)NC(=O)c1nc2ccccc2s1. The Bertz CT molecular complexity index is 732. The molecule has 1 N–H and O–H groups in total. The molecular weight excluding hydrogens is 298 g/mol. The molecule has 6 nitrogen and oxygen atoms in total. The van der Waals surface area contributed by atoms with Crippen molar-refractivity contribution >= 4 is 27.5 Å². The van der Waals surface area contributed by atoms with Gasteiger partial charge in [-0.1, -0.05) is 26.0 Å². The van der Waals surface area contributed by atoms with E-state index in [0.717, 1.165) is 10.2 Å². The van der Waals surface area contributed by atoms with Crippen LogP contribution in [-0.4, -0.2) is 31.7 Å². The Hall–Kier alpha value is -2.28. The van der Waals surface area contributed by atoms with E-state index in [1.807, 2.05) is 24.3 Å². The first-order chi connectivity index (χ1) is 10.6. The summed E-state index contributed by atoms with van der Waals surface area (Å²) in [5.74, 6) is 0.141. The topological polar surface area (TPSA) is 72.7 Å². The normalized spacial score (nSPS) is 12.7. The zero-order chi connectivity index (χ0) is 15.5. The van der Waals surface area contributed by atoms with Gasteiger partial charge in [-0.3, -0.25) is 9.48 Å². The van der Waals surface area contributed by atoms with Gasteiger partial charge in [0.2, 0.25) is 0 Å². The number of carbonyl (C=O) groups is 1. The van der Waals surface area contributed by atoms with Gasteiger partial charge >= 0.3 is 0 Å². The highest BCUT2D eigenvalue weighted by molar-refractivity contribution is 7.20. The summed E-state index contributed by atoms with van der Waals surface area (Å²) in [6, 6.07) is 7.73. The highest BCUT2D eigenvalue weighted by Crippen LogP contribution is 2.21. The van der Waals surface area contributed by atoms with Gasteiger partial charge in [-0.15, -0.1) is 11.3 Å². The van der Waals surface area contributed by atoms with Crippen molar-refractivity contribution in [3.63, 3.8) is 0 Å². The number of fused-ring (bicyclic) bond motifs is 1. The zero-order valence-corrected chi connectivity index (χ0v) is 13.2. The van der Waals surface area contributed by atoms with Gasteiger partial charge in [0.15, 0.2) is 5.01 Å². The molecule has 0 saturated heterocycles. The van der Waals surface area contributed by atoms with Crippen LogP contribution in [0.2, 0.25) is 0 Å². The number of nitrogens with one attached hydrogen (secondary N) is 1. The summed E-state index contributed by atoms with van der Waals surface area (Å²) in [6.45, 7) is 4.73. The fourth-order valence-corrected chi connectivity index (χ4v) is 3.02. The fraction of sp³-hybridized carbons (Fsp3) is 0.333. The monoisotopic (exact) mass is 315 g/mol. The summed E-state index contributed by atoms with van der Waals surface area (Å²) in [5.41, 5.74) is 0.857. The molecule has 114 valence electrons. The molecule has 2 aromatic heterocycles. The molecule has 0 aliphatic rings. The molecule has 0 aliphatic carbocycles. The van der Waals surface area contributed by atoms with Crippen LogP contribution < -0.4 is 5.32 Å². The van der Waals surface area contributed by atoms with Gasteiger partial charge in [0.05, 0.1) is 22.8 Å². The number of aromatic nitrogens is 4. The van der Waals surface area contributed by atoms with Gasteiger partial charge in [-0.25, -0.2) is 9.97 Å². The van der Waals surface area contributed by atoms with E-state index in [-0.39, 0.29) is 17.9 Å². The predicted octanol–water partition coefficient (Wildman–Crippen LogP) is 2.34. The van der Waals surface area contributed by atoms with Crippen LogP contribution >= 0.6 is 11.3 Å². The number of carbonyl (C=O) groups excluding carboxylic acids is 1. The van der Waals surface area contributed by atoms with Crippen molar-refractivity contribution in [2.24, 2.45) is 5.92 Å². The van der Waals surface area contributed by atoms with Crippen molar-refractivity contribution in [2.45, 2.75) is 26.4 Å². The smallest absolute Gasteiger partial charge is 0.280 e. The Kier molecular flexibility index (Phi) is 4.15. The molecule has 0 saturated carbocycles. The van der Waals surface area contributed by atoms with Crippen LogP contribution in [0.1, 0.15) is 23.6 Å². The summed E-state index contributed by atoms with van der Waals surface area (Å²) < 4.78 is 2.74. The molecule has 0 spiro atoms. The molecule has 1 amide bonds. The number of para-hydroxylation sites is 1. The molecule has 7 heteroatoms. The van der Waals surface area contributed by atoms with Crippen molar-refractivity contribution in [1.29, 1.82) is 0 Å². The number of hydrogen-bond donors (Lipinski definition) is 1. The molecule has 22 heavy (non-hydrogen) atoms. The summed E-state index contributed by atoms with van der Waals surface area (Å²) in [6.07, 6.45) is 3.14. The highest BCUT2D eigenvalue weighted by atomic mass is 32.1. The Balaban J connectivity index is 1.75. The lowest BCUT2D eigenvalue weighted by atomic mass is 10.0. The molecule has 0 radical (unpaired) electrons. The second kappa shape index (κ2) is 6.23. The van der Waals surface area contributed by atoms with Gasteiger partial charge in [0.25, 0.3) is 5.91 Å². The minimum absolute atomic E-state index is 0.0267. The van der Waals surface area contributed by atoms with Crippen molar-refractivity contribution in [1.82, 2.24) is 25.1 Å². The molecule has 1 aromatic carbocycles. The van der Waals surface area contributed by atoms with E-state index < -0.39 is 0 Å². The lowest BCUT2D eigenvalue weighted by Gasteiger charge is -2.21. The van der Waals surface area contributed by atoms with Crippen LogP contribution in [0.4, 0.5) is 0 Å². The van der Waals surface area contributed by atoms with Gasteiger partial charge < -0.3 is 5.32 Å². The number of nitrogens with zero attached hydrogens (tertiary/aromatic N) is 4. The van der Waals surface area contributed by atoms with Crippen LogP contribution in [0.3, 0.4) is 0 Å². The molecule has 1 atom stereocenters. The number of amides is 1. The molecular formula is C15H17N5OS. The standard InChI is InChI=1S/C15H17N5OS/c1-10(2)12(7-20-9-16-8-17-20)18-14(21)15-19-11-5-3-4-6-13(11)22-15/h3-6,8-10,12H,7H2,1-2H3,(H,18,21)/t12-/m0/s1. The molecule has 0 fully saturated rings. The average Bonchev–Trinajstić information content (AvgIpc) is 3.15. The van der Waals surface area contributed by atoms with Crippen LogP contribution in [0.25, 0.3) is 10.2 Å². The second-order valence-corrected chi connectivity index (χ2v) is 6.46. The van der Waals surface area contributed by atoms with Crippen LogP contribution in [0, 0.1) is 5.92 Å². The molecule has 0 unspecified atom stereocenters. The van der Waals surface area contributed by atoms with Gasteiger partial charge in [0.1, 0.15) is 12.7 Å². The second-order valence-electron chi connectivity index (χ2n) is 5.43. The molecule has 0 aliphatic heterocycles. The van der Waals surface area contributed by atoms with E-state index in [2.05, 4.69) is 34.2 Å². The third kappa shape index (κ3) is 3.14. The first-order valence-electron chi connectivity index (χ1n) is 7.12. The minimum Gasteiger partial charge on any atom is -0.345 e. The molecule has 3 rings (SSSR count). The van der Waals surface area contributed by atoms with E-state index in [4.69, 9.17) is 0 Å². The quantitative estimate of drug-likeness (QED) is 0.784. The third-order valence-corrected chi connectivity index (χ3v) is 4.49. The van der Waals surface area contributed by atoms with Crippen LogP contribution in [0.5, 0.6) is 0 Å². The summed E-state index contributed by atoms with van der Waals surface area (Å²) in [4.78, 5) is 20.8. The van der Waals surface area contributed by atoms with Crippen molar-refractivity contribution in [3.8, 4) is 0 Å². The first kappa shape index (κ1) is 14.6. The Morgan fingerprint density at radius 1 is 1.36 bits per heavy atom. The Morgan fingerprint density at radius 2 is 2.18 bits per heavy atom. The van der Waals surface area contributed by atoms with Gasteiger partial charge in [-0.05, 0) is 18.1 Å². The van der Waals surface area contributed by atoms with E-state index >= 15 is 0 Å². The van der Waals surface area contributed by atoms with E-state index in [1.165, 1.54) is 17.7 Å². The summed E-state index contributed by atoms with van der Waals surface area (Å²) in [7, 11) is 0. The van der Waals surface area contributed by atoms with Gasteiger partial charge in [0, 0.05) is 0 Å². The maximum Gasteiger partial charge on any atom is 0.280 e. The first-order valence-corrected chi connectivity index (χ1v) is 7.94. The molecule has 3 aromatic rings. The van der Waals surface area contributed by atoms with Crippen molar-refractivity contribution in [3.05, 3.63) is 41.9 Å². The average molecular weight is 315 g/mol. The van der Waals surface area contributed by atoms with E-state index in [1.54, 1.807) is 11.0 Å². The largest absolute Gasteiger partial charge is 0.345 e. The highest BCUT2D eigenvalue weighted by Gasteiger charge is 2.20. The summed E-state index contributed by atoms with van der Waals surface area (Å²) >= 11 is 1.41. The fourth-order valence-electron chi connectivity index (χ4n) is 2.15. The maximum atomic E-state index is 12.4. The zero-order valence-electron chi connectivity index (χ0n) is 12.4. The van der Waals surface area contributed by atoms with Crippen molar-refractivity contribution in [2.75, 3.05) is 0 Å².